The summed E-state index contributed by atoms with van der Waals surface area (Å²) in [6.07, 6.45) is 7.14. The number of pyridine rings is 2. The largest absolute Gasteiger partial charge is 0.480 e. The van der Waals surface area contributed by atoms with Gasteiger partial charge in [-0.2, -0.15) is 18.3 Å². The highest BCUT2D eigenvalue weighted by Crippen LogP contribution is 2.23. The Labute approximate surface area is 455 Å². The Morgan fingerprint density at radius 2 is 1.49 bits per heavy atom. The fourth-order valence-electron chi connectivity index (χ4n) is 8.26. The van der Waals surface area contributed by atoms with Crippen LogP contribution >= 0.6 is 0 Å². The highest BCUT2D eigenvalue weighted by Gasteiger charge is 2.29. The summed E-state index contributed by atoms with van der Waals surface area (Å²) >= 11 is 0. The predicted molar refractivity (Wildman–Crippen MR) is 290 cm³/mol. The molecule has 1 unspecified atom stereocenters. The number of fused-ring (bicyclic) bond motifs is 1. The Bertz CT molecular complexity index is 3440. The van der Waals surface area contributed by atoms with Gasteiger partial charge in [0, 0.05) is 95.5 Å². The van der Waals surface area contributed by atoms with Gasteiger partial charge in [0.25, 0.3) is 21.9 Å². The normalized spacial score (nSPS) is 12.1. The monoisotopic (exact) mass is 1130 g/mol. The number of ether oxygens (including phenoxy) is 1. The Morgan fingerprint density at radius 3 is 2.14 bits per heavy atom. The molecule has 3 aromatic carbocycles. The first-order valence-corrected chi connectivity index (χ1v) is 27.9. The van der Waals surface area contributed by atoms with Crippen LogP contribution in [0.15, 0.2) is 116 Å². The summed E-state index contributed by atoms with van der Waals surface area (Å²) in [5.74, 6) is -2.80. The number of carboxylic acids is 1. The highest BCUT2D eigenvalue weighted by atomic mass is 32.2. The number of sulfonamides is 1. The predicted octanol–water partition coefficient (Wildman–Crippen LogP) is 3.98. The number of carboxylic acid groups (broad SMARTS) is 1. The number of aryl methyl sites for hydroxylation is 4. The third kappa shape index (κ3) is 17.9. The second-order valence-electron chi connectivity index (χ2n) is 18.2. The summed E-state index contributed by atoms with van der Waals surface area (Å²) in [6.45, 7) is 6.26. The van der Waals surface area contributed by atoms with Gasteiger partial charge in [0.05, 0.1) is 27.4 Å². The van der Waals surface area contributed by atoms with Crippen LogP contribution in [-0.2, 0) is 58.9 Å². The molecule has 6 aromatic rings. The quantitative estimate of drug-likeness (QED) is 0.0175. The maximum absolute atomic E-state index is 13.8. The number of hydrogen-bond donors (Lipinski definition) is 9. The number of hydrogen-bond acceptors (Lipinski definition) is 16. The van der Waals surface area contributed by atoms with Crippen LogP contribution in [-0.4, -0.2) is 121 Å². The molecule has 0 aliphatic carbocycles. The number of carbonyl (C=O) groups is 5. The van der Waals surface area contributed by atoms with Crippen LogP contribution in [0.25, 0.3) is 10.9 Å². The Hall–Kier alpha value is -8.24. The molecule has 3 aromatic heterocycles. The number of nitrogens with one attached hydrogen (secondary N) is 7. The molecule has 4 amide bonds. The molecular formula is C52H62N12O13S2. The SMILES string of the molecule is Cc1cc(C)c(S(=O)(=O)NC(CNC(=O)c2cn(CCCNC(=O)CCC(=O)NCCCOCCCNC(=O)c3ccc(N=NCc4ccccc4S(=O)(=O)O)nc3)c3cc(CNc4ncc[nH]4)ccc3c2=O)C(=O)O)c(C)c1. The highest BCUT2D eigenvalue weighted by molar-refractivity contribution is 7.89. The molecule has 0 aliphatic rings. The van der Waals surface area contributed by atoms with Gasteiger partial charge in [-0.1, -0.05) is 42.0 Å². The average molecular weight is 1130 g/mol. The van der Waals surface area contributed by atoms with Crippen molar-refractivity contribution in [2.75, 3.05) is 44.7 Å². The average Bonchev–Trinajstić information content (AvgIpc) is 4.02. The maximum atomic E-state index is 13.8. The summed E-state index contributed by atoms with van der Waals surface area (Å²) < 4.78 is 68.8. The van der Waals surface area contributed by atoms with Crippen LogP contribution in [0.5, 0.6) is 0 Å². The summed E-state index contributed by atoms with van der Waals surface area (Å²) in [4.78, 5) is 88.4. The van der Waals surface area contributed by atoms with Crippen molar-refractivity contribution in [2.24, 2.45) is 10.2 Å². The van der Waals surface area contributed by atoms with E-state index in [1.165, 1.54) is 42.7 Å². The van der Waals surface area contributed by atoms with Gasteiger partial charge >= 0.3 is 5.97 Å². The first-order chi connectivity index (χ1) is 37.7. The number of carbonyl (C=O) groups excluding carboxylic acids is 4. The van der Waals surface area contributed by atoms with Gasteiger partial charge in [-0.15, -0.1) is 5.11 Å². The van der Waals surface area contributed by atoms with E-state index in [4.69, 9.17) is 4.74 Å². The second kappa shape index (κ2) is 28.4. The van der Waals surface area contributed by atoms with Gasteiger partial charge < -0.3 is 46.0 Å². The van der Waals surface area contributed by atoms with E-state index in [2.05, 4.69) is 56.5 Å². The number of aliphatic carboxylic acids is 1. The maximum Gasteiger partial charge on any atom is 0.323 e. The molecule has 9 N–H and O–H groups in total. The summed E-state index contributed by atoms with van der Waals surface area (Å²) in [6, 6.07) is 15.4. The van der Waals surface area contributed by atoms with Crippen LogP contribution in [0, 0.1) is 20.8 Å². The smallest absolute Gasteiger partial charge is 0.323 e. The van der Waals surface area contributed by atoms with E-state index >= 15 is 0 Å². The van der Waals surface area contributed by atoms with E-state index in [-0.39, 0.29) is 87.9 Å². The van der Waals surface area contributed by atoms with E-state index in [0.717, 1.165) is 11.1 Å². The molecule has 0 bridgehead atoms. The lowest BCUT2D eigenvalue weighted by atomic mass is 10.1. The molecule has 0 saturated heterocycles. The Balaban J connectivity index is 0.904. The zero-order chi connectivity index (χ0) is 57.1. The Morgan fingerprint density at radius 1 is 0.810 bits per heavy atom. The third-order valence-electron chi connectivity index (χ3n) is 12.0. The molecule has 3 heterocycles. The zero-order valence-corrected chi connectivity index (χ0v) is 45.2. The molecule has 420 valence electrons. The minimum atomic E-state index is -4.42. The standard InChI is InChI=1S/C52H62N12O13S2/c1-33-25-34(2)48(35(3)26-33)78(72,73)63-41(51(70)71)31-59-50(69)40-32-64(42-27-36(11-13-39(42)47(40)67)28-60-52-56-20-21-57-52)22-6-17-53-45(65)15-16-46(66)54-18-7-23-77-24-8-19-55-49(68)38-12-14-44(58-29-38)62-61-30-37-9-4-5-10-43(37)79(74,75)76/h4-5,9-14,20-21,25-27,29,32,41,63H,6-8,15-19,22-24,28,30-31H2,1-3H3,(H,53,65)(H,54,66)(H,55,68)(H,59,69)(H,70,71)(H2,56,57,60)(H,74,75,76). The number of nitrogens with zero attached hydrogens (tertiary/aromatic N) is 5. The van der Waals surface area contributed by atoms with Crippen molar-refractivity contribution in [1.82, 2.24) is 45.5 Å². The lowest BCUT2D eigenvalue weighted by Gasteiger charge is -2.19. The molecule has 0 fully saturated rings. The zero-order valence-electron chi connectivity index (χ0n) is 43.6. The number of rotatable bonds is 30. The van der Waals surface area contributed by atoms with E-state index in [9.17, 15) is 55.3 Å². The first kappa shape index (κ1) is 60.0. The van der Waals surface area contributed by atoms with Gasteiger partial charge in [-0.05, 0) is 92.6 Å². The van der Waals surface area contributed by atoms with Gasteiger partial charge in [-0.25, -0.2) is 18.4 Å². The van der Waals surface area contributed by atoms with Crippen molar-refractivity contribution in [1.29, 1.82) is 0 Å². The first-order valence-electron chi connectivity index (χ1n) is 25.0. The Kier molecular flexibility index (Phi) is 21.6. The summed E-state index contributed by atoms with van der Waals surface area (Å²) in [5.41, 5.74) is 2.49. The van der Waals surface area contributed by atoms with Gasteiger partial charge in [0.2, 0.25) is 27.3 Å². The van der Waals surface area contributed by atoms with Crippen LogP contribution < -0.4 is 36.7 Å². The van der Waals surface area contributed by atoms with Crippen LogP contribution in [0.3, 0.4) is 0 Å². The lowest BCUT2D eigenvalue weighted by Crippen LogP contribution is -2.49. The summed E-state index contributed by atoms with van der Waals surface area (Å²) in [7, 11) is -8.77. The number of azo groups is 1. The van der Waals surface area contributed by atoms with Gasteiger partial charge in [0.15, 0.2) is 11.8 Å². The van der Waals surface area contributed by atoms with Crippen molar-refractivity contribution in [2.45, 2.75) is 88.3 Å². The molecular weight excluding hydrogens is 1060 g/mol. The molecule has 6 rings (SSSR count). The van der Waals surface area contributed by atoms with Crippen molar-refractivity contribution >= 4 is 72.4 Å². The lowest BCUT2D eigenvalue weighted by molar-refractivity contribution is -0.138. The van der Waals surface area contributed by atoms with Crippen molar-refractivity contribution in [3.8, 4) is 0 Å². The van der Waals surface area contributed by atoms with Gasteiger partial charge in [0.1, 0.15) is 11.6 Å². The van der Waals surface area contributed by atoms with E-state index < -0.39 is 50.0 Å². The van der Waals surface area contributed by atoms with Crippen molar-refractivity contribution < 1.29 is 55.2 Å². The molecule has 1 atom stereocenters. The number of anilines is 1. The van der Waals surface area contributed by atoms with Crippen LogP contribution in [0.4, 0.5) is 11.8 Å². The fourth-order valence-corrected chi connectivity index (χ4v) is 10.6. The number of H-pyrrole nitrogens is 1. The molecule has 27 heteroatoms. The minimum absolute atomic E-state index is 0.0590. The topological polar surface area (TPSA) is 364 Å². The molecule has 0 spiro atoms. The number of benzene rings is 3. The van der Waals surface area contributed by atoms with E-state index in [0.29, 0.717) is 74.7 Å². The third-order valence-corrected chi connectivity index (χ3v) is 14.7. The minimum Gasteiger partial charge on any atom is -0.480 e. The van der Waals surface area contributed by atoms with Crippen molar-refractivity contribution in [3.63, 3.8) is 0 Å². The molecule has 0 aliphatic heterocycles. The van der Waals surface area contributed by atoms with Crippen LogP contribution in [0.2, 0.25) is 0 Å². The van der Waals surface area contributed by atoms with E-state index in [1.807, 2.05) is 0 Å². The number of aromatic nitrogens is 4. The number of amides is 4. The summed E-state index contributed by atoms with van der Waals surface area (Å²) in [5, 5.41) is 31.9. The molecule has 25 nitrogen and oxygen atoms in total. The fraction of sp³-hybridized carbons (Fsp3) is 0.346. The molecule has 0 saturated carbocycles. The number of aromatic amines is 1. The molecule has 79 heavy (non-hydrogen) atoms. The number of imidazole rings is 1. The second-order valence-corrected chi connectivity index (χ2v) is 21.2. The van der Waals surface area contributed by atoms with Gasteiger partial charge in [-0.3, -0.25) is 33.3 Å². The van der Waals surface area contributed by atoms with Crippen molar-refractivity contribution in [3.05, 3.63) is 141 Å². The van der Waals surface area contributed by atoms with E-state index in [1.54, 1.807) is 74.1 Å². The molecule has 0 radical (unpaired) electrons. The van der Waals surface area contributed by atoms with Crippen LogP contribution in [0.1, 0.15) is 80.6 Å².